The number of carboxylic acid groups (broad SMARTS) is 1. The molecule has 0 saturated carbocycles. The van der Waals surface area contributed by atoms with E-state index in [0.717, 1.165) is 17.5 Å². The van der Waals surface area contributed by atoms with E-state index in [1.807, 2.05) is 6.92 Å². The predicted molar refractivity (Wildman–Crippen MR) is 89.9 cm³/mol. The van der Waals surface area contributed by atoms with Gasteiger partial charge >= 0.3 is 5.97 Å². The Morgan fingerprint density at radius 2 is 2.26 bits per heavy atom. The summed E-state index contributed by atoms with van der Waals surface area (Å²) in [6.07, 6.45) is 5.13. The molecule has 0 amide bonds. The van der Waals surface area contributed by atoms with E-state index in [9.17, 15) is 14.7 Å². The number of unbranched alkanes of at least 4 members (excludes halogenated alkanes) is 1. The molecular formula is C15H17BrN4O3. The van der Waals surface area contributed by atoms with Crippen molar-refractivity contribution in [2.24, 2.45) is 0 Å². The number of nitrogens with one attached hydrogen (secondary N) is 1. The van der Waals surface area contributed by atoms with Gasteiger partial charge in [0, 0.05) is 6.20 Å². The summed E-state index contributed by atoms with van der Waals surface area (Å²) in [5, 5.41) is 16.2. The van der Waals surface area contributed by atoms with Gasteiger partial charge in [0.05, 0.1) is 11.9 Å². The summed E-state index contributed by atoms with van der Waals surface area (Å²) >= 11 is 3.22. The number of hydrogen-bond donors (Lipinski definition) is 2. The van der Waals surface area contributed by atoms with Gasteiger partial charge in [-0.15, -0.1) is 0 Å². The van der Waals surface area contributed by atoms with Crippen molar-refractivity contribution in [1.29, 1.82) is 0 Å². The summed E-state index contributed by atoms with van der Waals surface area (Å²) in [5.41, 5.74) is -0.0565. The molecule has 2 rings (SSSR count). The predicted octanol–water partition coefficient (Wildman–Crippen LogP) is 2.45. The Morgan fingerprint density at radius 3 is 2.87 bits per heavy atom. The second-order valence-electron chi connectivity index (χ2n) is 4.95. The molecule has 0 radical (unpaired) electrons. The third kappa shape index (κ3) is 4.16. The molecule has 0 aromatic carbocycles. The lowest BCUT2D eigenvalue weighted by Crippen LogP contribution is -2.31. The number of anilines is 1. The molecule has 2 aromatic heterocycles. The molecule has 2 aromatic rings. The molecule has 0 saturated heterocycles. The zero-order valence-electron chi connectivity index (χ0n) is 12.6. The number of aliphatic carboxylic acids is 1. The van der Waals surface area contributed by atoms with E-state index in [4.69, 9.17) is 0 Å². The van der Waals surface area contributed by atoms with E-state index in [2.05, 4.69) is 31.3 Å². The van der Waals surface area contributed by atoms with Crippen LogP contribution in [0.2, 0.25) is 0 Å². The van der Waals surface area contributed by atoms with Crippen LogP contribution < -0.4 is 10.9 Å². The van der Waals surface area contributed by atoms with Crippen molar-refractivity contribution in [3.63, 3.8) is 0 Å². The van der Waals surface area contributed by atoms with Crippen LogP contribution in [0.5, 0.6) is 0 Å². The van der Waals surface area contributed by atoms with Crippen molar-refractivity contribution >= 4 is 27.6 Å². The quantitative estimate of drug-likeness (QED) is 0.765. The van der Waals surface area contributed by atoms with Gasteiger partial charge in [-0.05, 0) is 34.5 Å². The number of carbonyl (C=O) groups is 1. The lowest BCUT2D eigenvalue weighted by molar-refractivity contribution is -0.138. The fraction of sp³-hybridized carbons (Fsp3) is 0.333. The van der Waals surface area contributed by atoms with Crippen LogP contribution in [0.25, 0.3) is 5.82 Å². The highest BCUT2D eigenvalue weighted by Gasteiger charge is 2.19. The maximum atomic E-state index is 12.4. The first kappa shape index (κ1) is 17.1. The number of rotatable bonds is 7. The van der Waals surface area contributed by atoms with E-state index < -0.39 is 17.6 Å². The second-order valence-corrected chi connectivity index (χ2v) is 5.75. The van der Waals surface area contributed by atoms with Crippen molar-refractivity contribution in [3.8, 4) is 5.82 Å². The van der Waals surface area contributed by atoms with Gasteiger partial charge in [0.1, 0.15) is 10.5 Å². The molecular weight excluding hydrogens is 364 g/mol. The van der Waals surface area contributed by atoms with Crippen LogP contribution in [0.4, 0.5) is 5.69 Å². The van der Waals surface area contributed by atoms with E-state index in [-0.39, 0.29) is 4.47 Å². The fourth-order valence-electron chi connectivity index (χ4n) is 2.03. The molecule has 7 nitrogen and oxygen atoms in total. The van der Waals surface area contributed by atoms with E-state index >= 15 is 0 Å². The Balaban J connectivity index is 2.30. The van der Waals surface area contributed by atoms with E-state index in [1.54, 1.807) is 24.4 Å². The van der Waals surface area contributed by atoms with E-state index in [0.29, 0.717) is 17.9 Å². The maximum absolute atomic E-state index is 12.4. The van der Waals surface area contributed by atoms with Gasteiger partial charge in [-0.2, -0.15) is 9.78 Å². The van der Waals surface area contributed by atoms with Crippen LogP contribution in [0.1, 0.15) is 26.2 Å². The van der Waals surface area contributed by atoms with Crippen LogP contribution in [0.15, 0.2) is 39.9 Å². The maximum Gasteiger partial charge on any atom is 0.326 e. The first-order valence-corrected chi connectivity index (χ1v) is 8.02. The average molecular weight is 381 g/mol. The molecule has 0 spiro atoms. The van der Waals surface area contributed by atoms with Crippen molar-refractivity contribution in [3.05, 3.63) is 45.4 Å². The molecule has 2 heterocycles. The third-order valence-electron chi connectivity index (χ3n) is 3.26. The normalized spacial score (nSPS) is 11.9. The largest absolute Gasteiger partial charge is 0.480 e. The Morgan fingerprint density at radius 1 is 1.48 bits per heavy atom. The van der Waals surface area contributed by atoms with E-state index in [1.165, 1.54) is 6.20 Å². The van der Waals surface area contributed by atoms with Crippen molar-refractivity contribution in [2.45, 2.75) is 32.2 Å². The second kappa shape index (κ2) is 7.87. The minimum Gasteiger partial charge on any atom is -0.480 e. The summed E-state index contributed by atoms with van der Waals surface area (Å²) in [6.45, 7) is 1.99. The first-order valence-electron chi connectivity index (χ1n) is 7.23. The number of halogens is 1. The van der Waals surface area contributed by atoms with Crippen LogP contribution >= 0.6 is 15.9 Å². The highest BCUT2D eigenvalue weighted by Crippen LogP contribution is 2.19. The highest BCUT2D eigenvalue weighted by atomic mass is 79.9. The fourth-order valence-corrected chi connectivity index (χ4v) is 2.41. The molecule has 0 aliphatic heterocycles. The van der Waals surface area contributed by atoms with Crippen molar-refractivity contribution in [2.75, 3.05) is 5.32 Å². The van der Waals surface area contributed by atoms with Crippen LogP contribution in [0, 0.1) is 0 Å². The lowest BCUT2D eigenvalue weighted by Gasteiger charge is -2.16. The monoisotopic (exact) mass is 380 g/mol. The topological polar surface area (TPSA) is 97.1 Å². The summed E-state index contributed by atoms with van der Waals surface area (Å²) < 4.78 is 1.37. The standard InChI is InChI=1S/C15H17BrN4O3/c1-2-3-6-10(15(22)23)19-11-9-18-20(14(21)13(11)16)12-7-4-5-8-17-12/h4-5,7-10,19H,2-3,6H2,1H3,(H,22,23). The number of hydrogen-bond acceptors (Lipinski definition) is 5. The zero-order chi connectivity index (χ0) is 16.8. The summed E-state index contributed by atoms with van der Waals surface area (Å²) in [7, 11) is 0. The average Bonchev–Trinajstić information content (AvgIpc) is 2.56. The Kier molecular flexibility index (Phi) is 5.86. The molecule has 1 unspecified atom stereocenters. The van der Waals surface area contributed by atoms with Gasteiger partial charge in [-0.25, -0.2) is 9.78 Å². The molecule has 0 aliphatic rings. The van der Waals surface area contributed by atoms with Gasteiger partial charge in [0.2, 0.25) is 0 Å². The minimum absolute atomic E-state index is 0.223. The molecule has 0 fully saturated rings. The molecule has 0 bridgehead atoms. The van der Waals surface area contributed by atoms with Gasteiger partial charge in [-0.1, -0.05) is 25.8 Å². The zero-order valence-corrected chi connectivity index (χ0v) is 14.2. The molecule has 1 atom stereocenters. The summed E-state index contributed by atoms with van der Waals surface area (Å²) in [6, 6.07) is 4.39. The smallest absolute Gasteiger partial charge is 0.326 e. The van der Waals surface area contributed by atoms with Crippen molar-refractivity contribution < 1.29 is 9.90 Å². The SMILES string of the molecule is CCCCC(Nc1cnn(-c2ccccn2)c(=O)c1Br)C(=O)O. The van der Waals surface area contributed by atoms with Gasteiger partial charge in [0.25, 0.3) is 5.56 Å². The van der Waals surface area contributed by atoms with Gasteiger partial charge in [-0.3, -0.25) is 4.79 Å². The Hall–Kier alpha value is -2.22. The van der Waals surface area contributed by atoms with Crippen LogP contribution in [-0.4, -0.2) is 31.9 Å². The molecule has 23 heavy (non-hydrogen) atoms. The minimum atomic E-state index is -0.959. The van der Waals surface area contributed by atoms with Crippen molar-refractivity contribution in [1.82, 2.24) is 14.8 Å². The molecule has 8 heteroatoms. The van der Waals surface area contributed by atoms with Gasteiger partial charge < -0.3 is 10.4 Å². The first-order chi connectivity index (χ1) is 11.0. The van der Waals surface area contributed by atoms with Gasteiger partial charge in [0.15, 0.2) is 5.82 Å². The Bertz CT molecular complexity index is 733. The van der Waals surface area contributed by atoms with Crippen LogP contribution in [-0.2, 0) is 4.79 Å². The molecule has 0 aliphatic carbocycles. The molecule has 122 valence electrons. The number of aromatic nitrogens is 3. The molecule has 2 N–H and O–H groups in total. The number of nitrogens with zero attached hydrogens (tertiary/aromatic N) is 3. The highest BCUT2D eigenvalue weighted by molar-refractivity contribution is 9.10. The lowest BCUT2D eigenvalue weighted by atomic mass is 10.1. The summed E-state index contributed by atoms with van der Waals surface area (Å²) in [5.74, 6) is -0.565. The van der Waals surface area contributed by atoms with Crippen LogP contribution in [0.3, 0.4) is 0 Å². The number of carboxylic acids is 1. The number of pyridine rings is 1. The third-order valence-corrected chi connectivity index (χ3v) is 4.03. The Labute approximate surface area is 141 Å². The summed E-state index contributed by atoms with van der Waals surface area (Å²) in [4.78, 5) is 27.8.